The average molecular weight is 297 g/mol. The van der Waals surface area contributed by atoms with Gasteiger partial charge in [-0.1, -0.05) is 56.7 Å². The molecule has 0 aliphatic rings. The second kappa shape index (κ2) is 8.29. The Morgan fingerprint density at radius 2 is 1.95 bits per heavy atom. The molecule has 0 atom stereocenters. The second-order valence-corrected chi connectivity index (χ2v) is 5.37. The van der Waals surface area contributed by atoms with Gasteiger partial charge in [-0.25, -0.2) is 4.79 Å². The van der Waals surface area contributed by atoms with Crippen molar-refractivity contribution in [1.82, 2.24) is 4.57 Å². The molecule has 0 bridgehead atoms. The fraction of sp³-hybridized carbons (Fsp3) is 0.421. The maximum Gasteiger partial charge on any atom is 0.340 e. The zero-order valence-electron chi connectivity index (χ0n) is 13.4. The summed E-state index contributed by atoms with van der Waals surface area (Å²) in [6.07, 6.45) is 8.88. The first-order valence-corrected chi connectivity index (χ1v) is 7.95. The van der Waals surface area contributed by atoms with Gasteiger partial charge in [-0.2, -0.15) is 0 Å². The first-order chi connectivity index (χ1) is 10.8. The Hall–Kier alpha value is -2.21. The lowest BCUT2D eigenvalue weighted by atomic mass is 10.1. The minimum atomic E-state index is -0.323. The van der Waals surface area contributed by atoms with Crippen LogP contribution in [0.15, 0.2) is 30.5 Å². The second-order valence-electron chi connectivity index (χ2n) is 5.37. The minimum Gasteiger partial charge on any atom is -0.465 e. The highest BCUT2D eigenvalue weighted by molar-refractivity contribution is 6.04. The SMILES string of the molecule is CCCCCCCC#Cn1cc(C(=O)OC)c2ccccc21. The van der Waals surface area contributed by atoms with Crippen molar-refractivity contribution in [1.29, 1.82) is 0 Å². The number of hydrogen-bond acceptors (Lipinski definition) is 2. The third-order valence-electron chi connectivity index (χ3n) is 3.72. The molecule has 0 fully saturated rings. The Morgan fingerprint density at radius 1 is 1.18 bits per heavy atom. The summed E-state index contributed by atoms with van der Waals surface area (Å²) in [6, 6.07) is 10.9. The van der Waals surface area contributed by atoms with Crippen molar-refractivity contribution < 1.29 is 9.53 Å². The number of para-hydroxylation sites is 1. The van der Waals surface area contributed by atoms with Crippen molar-refractivity contribution in [2.75, 3.05) is 7.11 Å². The maximum absolute atomic E-state index is 11.8. The number of esters is 1. The Morgan fingerprint density at radius 3 is 2.73 bits per heavy atom. The summed E-state index contributed by atoms with van der Waals surface area (Å²) in [4.78, 5) is 11.8. The highest BCUT2D eigenvalue weighted by atomic mass is 16.5. The van der Waals surface area contributed by atoms with E-state index in [1.165, 1.54) is 32.8 Å². The molecule has 0 saturated carbocycles. The van der Waals surface area contributed by atoms with Gasteiger partial charge in [0.1, 0.15) is 0 Å². The van der Waals surface area contributed by atoms with Crippen LogP contribution in [0.2, 0.25) is 0 Å². The molecule has 1 aromatic carbocycles. The summed E-state index contributed by atoms with van der Waals surface area (Å²) in [5.41, 5.74) is 1.51. The van der Waals surface area contributed by atoms with Crippen LogP contribution in [0, 0.1) is 12.0 Å². The number of rotatable bonds is 6. The molecule has 0 aliphatic heterocycles. The van der Waals surface area contributed by atoms with Gasteiger partial charge in [-0.15, -0.1) is 0 Å². The summed E-state index contributed by atoms with van der Waals surface area (Å²) in [5, 5.41) is 0.881. The van der Waals surface area contributed by atoms with Crippen LogP contribution in [0.5, 0.6) is 0 Å². The fourth-order valence-electron chi connectivity index (χ4n) is 2.50. The van der Waals surface area contributed by atoms with Crippen LogP contribution < -0.4 is 0 Å². The Kier molecular flexibility index (Phi) is 6.09. The Labute approximate surface area is 132 Å². The van der Waals surface area contributed by atoms with Crippen LogP contribution >= 0.6 is 0 Å². The van der Waals surface area contributed by atoms with Crippen molar-refractivity contribution >= 4 is 16.9 Å². The van der Waals surface area contributed by atoms with Gasteiger partial charge in [-0.3, -0.25) is 4.57 Å². The van der Waals surface area contributed by atoms with Crippen LogP contribution in [0.25, 0.3) is 10.9 Å². The van der Waals surface area contributed by atoms with E-state index in [-0.39, 0.29) is 5.97 Å². The number of hydrogen-bond donors (Lipinski definition) is 0. The number of nitrogens with zero attached hydrogens (tertiary/aromatic N) is 1. The standard InChI is InChI=1S/C19H23NO2/c1-3-4-5-6-7-8-11-14-20-15-17(19(21)22-2)16-12-9-10-13-18(16)20/h9-10,12-13,15H,3-8H2,1-2H3. The molecule has 0 aliphatic carbocycles. The number of carbonyl (C=O) groups is 1. The molecular formula is C19H23NO2. The van der Waals surface area contributed by atoms with E-state index >= 15 is 0 Å². The molecule has 1 aromatic heterocycles. The van der Waals surface area contributed by atoms with Crippen molar-refractivity contribution in [3.05, 3.63) is 36.0 Å². The van der Waals surface area contributed by atoms with Crippen LogP contribution in [0.3, 0.4) is 0 Å². The monoisotopic (exact) mass is 297 g/mol. The molecule has 0 N–H and O–H groups in total. The molecular weight excluding hydrogens is 274 g/mol. The molecule has 2 aromatic rings. The molecule has 0 saturated heterocycles. The largest absolute Gasteiger partial charge is 0.465 e. The van der Waals surface area contributed by atoms with Gasteiger partial charge < -0.3 is 4.74 Å². The van der Waals surface area contributed by atoms with Gasteiger partial charge in [0.25, 0.3) is 0 Å². The quantitative estimate of drug-likeness (QED) is 0.443. The molecule has 2 rings (SSSR count). The minimum absolute atomic E-state index is 0.323. The summed E-state index contributed by atoms with van der Waals surface area (Å²) in [7, 11) is 1.40. The molecule has 0 radical (unpaired) electrons. The number of aromatic nitrogens is 1. The van der Waals surface area contributed by atoms with Gasteiger partial charge in [0.15, 0.2) is 0 Å². The van der Waals surface area contributed by atoms with E-state index in [9.17, 15) is 4.79 Å². The lowest BCUT2D eigenvalue weighted by Crippen LogP contribution is -1.99. The van der Waals surface area contributed by atoms with E-state index in [4.69, 9.17) is 4.74 Å². The van der Waals surface area contributed by atoms with E-state index in [0.29, 0.717) is 5.56 Å². The summed E-state index contributed by atoms with van der Waals surface area (Å²) < 4.78 is 6.66. The summed E-state index contributed by atoms with van der Waals surface area (Å²) in [5.74, 6) is 2.88. The van der Waals surface area contributed by atoms with Crippen molar-refractivity contribution in [2.45, 2.75) is 45.4 Å². The predicted octanol–water partition coefficient (Wildman–Crippen LogP) is 4.60. The van der Waals surface area contributed by atoms with Gasteiger partial charge in [-0.05, 0) is 12.5 Å². The molecule has 0 amide bonds. The van der Waals surface area contributed by atoms with Gasteiger partial charge in [0, 0.05) is 24.0 Å². The average Bonchev–Trinajstić information content (AvgIpc) is 2.92. The van der Waals surface area contributed by atoms with E-state index in [1.54, 1.807) is 6.20 Å². The summed E-state index contributed by atoms with van der Waals surface area (Å²) in [6.45, 7) is 2.22. The Bertz CT molecular complexity index is 688. The number of methoxy groups -OCH3 is 1. The molecule has 0 unspecified atom stereocenters. The van der Waals surface area contributed by atoms with Crippen LogP contribution in [0.1, 0.15) is 55.8 Å². The molecule has 116 valence electrons. The van der Waals surface area contributed by atoms with Gasteiger partial charge >= 0.3 is 5.97 Å². The van der Waals surface area contributed by atoms with Crippen molar-refractivity contribution in [3.63, 3.8) is 0 Å². The number of unbranched alkanes of at least 4 members (excludes halogenated alkanes) is 5. The van der Waals surface area contributed by atoms with Crippen molar-refractivity contribution in [3.8, 4) is 12.0 Å². The third kappa shape index (κ3) is 3.92. The topological polar surface area (TPSA) is 31.2 Å². The first-order valence-electron chi connectivity index (χ1n) is 7.95. The van der Waals surface area contributed by atoms with E-state index in [2.05, 4.69) is 18.9 Å². The van der Waals surface area contributed by atoms with Crippen LogP contribution in [-0.4, -0.2) is 17.6 Å². The number of fused-ring (bicyclic) bond motifs is 1. The smallest absolute Gasteiger partial charge is 0.340 e. The predicted molar refractivity (Wildman–Crippen MR) is 89.8 cm³/mol. The third-order valence-corrected chi connectivity index (χ3v) is 3.72. The van der Waals surface area contributed by atoms with Crippen molar-refractivity contribution in [2.24, 2.45) is 0 Å². The molecule has 22 heavy (non-hydrogen) atoms. The number of carbonyl (C=O) groups excluding carboxylic acids is 1. The molecule has 3 heteroatoms. The maximum atomic E-state index is 11.8. The normalized spacial score (nSPS) is 10.3. The first kappa shape index (κ1) is 16.2. The number of benzene rings is 1. The van der Waals surface area contributed by atoms with Crippen LogP contribution in [-0.2, 0) is 4.74 Å². The Balaban J connectivity index is 2.10. The van der Waals surface area contributed by atoms with Gasteiger partial charge in [0.05, 0.1) is 18.2 Å². The van der Waals surface area contributed by atoms with Gasteiger partial charge in [0.2, 0.25) is 0 Å². The molecule has 3 nitrogen and oxygen atoms in total. The molecule has 1 heterocycles. The van der Waals surface area contributed by atoms with E-state index in [1.807, 2.05) is 28.8 Å². The lowest BCUT2D eigenvalue weighted by molar-refractivity contribution is 0.0603. The van der Waals surface area contributed by atoms with E-state index < -0.39 is 0 Å². The van der Waals surface area contributed by atoms with E-state index in [0.717, 1.165) is 23.7 Å². The lowest BCUT2D eigenvalue weighted by Gasteiger charge is -1.95. The fourth-order valence-corrected chi connectivity index (χ4v) is 2.50. The highest BCUT2D eigenvalue weighted by Gasteiger charge is 2.14. The summed E-state index contributed by atoms with van der Waals surface area (Å²) >= 11 is 0. The zero-order chi connectivity index (χ0) is 15.8. The number of ether oxygens (including phenoxy) is 1. The zero-order valence-corrected chi connectivity index (χ0v) is 13.4. The highest BCUT2D eigenvalue weighted by Crippen LogP contribution is 2.21. The van der Waals surface area contributed by atoms with Crippen LogP contribution in [0.4, 0.5) is 0 Å². The molecule has 0 spiro atoms.